The summed E-state index contributed by atoms with van der Waals surface area (Å²) in [4.78, 5) is 1.29. The number of ether oxygens (including phenoxy) is 1. The van der Waals surface area contributed by atoms with Crippen molar-refractivity contribution in [2.75, 3.05) is 14.2 Å². The van der Waals surface area contributed by atoms with Crippen LogP contribution in [0.25, 0.3) is 0 Å². The molecule has 1 N–H and O–H groups in total. The van der Waals surface area contributed by atoms with E-state index in [2.05, 4.69) is 58.7 Å². The fourth-order valence-electron chi connectivity index (χ4n) is 2.38. The molecule has 1 aromatic carbocycles. The van der Waals surface area contributed by atoms with Crippen molar-refractivity contribution >= 4 is 27.3 Å². The minimum atomic E-state index is 0.158. The molecule has 0 saturated heterocycles. The van der Waals surface area contributed by atoms with Crippen LogP contribution in [-0.4, -0.2) is 14.2 Å². The number of methoxy groups -OCH3 is 1. The molecule has 0 saturated carbocycles. The lowest BCUT2D eigenvalue weighted by atomic mass is 9.96. The third-order valence-corrected chi connectivity index (χ3v) is 5.08. The molecule has 0 spiro atoms. The number of hydrogen-bond acceptors (Lipinski definition) is 3. The van der Waals surface area contributed by atoms with Crippen molar-refractivity contribution in [1.82, 2.24) is 5.32 Å². The van der Waals surface area contributed by atoms with Crippen molar-refractivity contribution < 1.29 is 4.74 Å². The molecule has 2 nitrogen and oxygen atoms in total. The SMILES string of the molecule is CNC(c1cccs1)c1c(C)c(Br)cc(C)c1OC. The fraction of sp³-hybridized carbons (Fsp3) is 0.333. The highest BCUT2D eigenvalue weighted by Gasteiger charge is 2.22. The van der Waals surface area contributed by atoms with Gasteiger partial charge in [0.15, 0.2) is 0 Å². The van der Waals surface area contributed by atoms with Gasteiger partial charge in [0.2, 0.25) is 0 Å². The lowest BCUT2D eigenvalue weighted by Gasteiger charge is -2.23. The van der Waals surface area contributed by atoms with E-state index in [1.165, 1.54) is 16.0 Å². The number of nitrogens with one attached hydrogen (secondary N) is 1. The summed E-state index contributed by atoms with van der Waals surface area (Å²) in [6, 6.07) is 6.50. The standard InChI is InChI=1S/C15H18BrNOS/c1-9-8-11(16)10(2)13(15(9)18-4)14(17-3)12-6-5-7-19-12/h5-8,14,17H,1-4H3. The van der Waals surface area contributed by atoms with Crippen LogP contribution in [-0.2, 0) is 0 Å². The van der Waals surface area contributed by atoms with Gasteiger partial charge in [0.1, 0.15) is 5.75 Å². The van der Waals surface area contributed by atoms with E-state index in [4.69, 9.17) is 4.74 Å². The van der Waals surface area contributed by atoms with Gasteiger partial charge < -0.3 is 10.1 Å². The first-order chi connectivity index (χ1) is 9.10. The summed E-state index contributed by atoms with van der Waals surface area (Å²) in [7, 11) is 3.72. The lowest BCUT2D eigenvalue weighted by Crippen LogP contribution is -2.19. The summed E-state index contributed by atoms with van der Waals surface area (Å²) in [5.74, 6) is 0.966. The van der Waals surface area contributed by atoms with E-state index in [0.29, 0.717) is 0 Å². The van der Waals surface area contributed by atoms with Crippen LogP contribution in [0.2, 0.25) is 0 Å². The van der Waals surface area contributed by atoms with E-state index in [-0.39, 0.29) is 6.04 Å². The monoisotopic (exact) mass is 339 g/mol. The van der Waals surface area contributed by atoms with Gasteiger partial charge in [-0.25, -0.2) is 0 Å². The third kappa shape index (κ3) is 2.71. The summed E-state index contributed by atoms with van der Waals surface area (Å²) in [6.07, 6.45) is 0. The normalized spacial score (nSPS) is 12.5. The Bertz CT molecular complexity index is 566. The molecule has 1 heterocycles. The second kappa shape index (κ2) is 6.07. The molecule has 19 heavy (non-hydrogen) atoms. The van der Waals surface area contributed by atoms with Gasteiger partial charge >= 0.3 is 0 Å². The lowest BCUT2D eigenvalue weighted by molar-refractivity contribution is 0.402. The first-order valence-corrected chi connectivity index (χ1v) is 7.81. The van der Waals surface area contributed by atoms with Gasteiger partial charge in [0.05, 0.1) is 13.2 Å². The highest BCUT2D eigenvalue weighted by molar-refractivity contribution is 9.10. The third-order valence-electron chi connectivity index (χ3n) is 3.32. The largest absolute Gasteiger partial charge is 0.496 e. The maximum Gasteiger partial charge on any atom is 0.127 e. The summed E-state index contributed by atoms with van der Waals surface area (Å²) in [6.45, 7) is 4.20. The number of rotatable bonds is 4. The number of halogens is 1. The molecular weight excluding hydrogens is 322 g/mol. The Morgan fingerprint density at radius 2 is 2.11 bits per heavy atom. The van der Waals surface area contributed by atoms with Gasteiger partial charge in [-0.3, -0.25) is 0 Å². The number of hydrogen-bond donors (Lipinski definition) is 1. The maximum absolute atomic E-state index is 5.64. The molecule has 1 aromatic heterocycles. The Kier molecular flexibility index (Phi) is 4.66. The van der Waals surface area contributed by atoms with E-state index in [9.17, 15) is 0 Å². The summed E-state index contributed by atoms with van der Waals surface area (Å²) in [5.41, 5.74) is 3.57. The minimum Gasteiger partial charge on any atom is -0.496 e. The van der Waals surface area contributed by atoms with Crippen molar-refractivity contribution in [1.29, 1.82) is 0 Å². The van der Waals surface area contributed by atoms with Crippen molar-refractivity contribution in [3.05, 3.63) is 49.6 Å². The molecule has 0 amide bonds. The molecule has 2 aromatic rings. The van der Waals surface area contributed by atoms with Crippen LogP contribution in [0.3, 0.4) is 0 Å². The molecule has 0 aliphatic heterocycles. The fourth-order valence-corrected chi connectivity index (χ4v) is 3.78. The molecule has 0 aliphatic rings. The number of benzene rings is 1. The van der Waals surface area contributed by atoms with Gasteiger partial charge in [-0.05, 0) is 49.5 Å². The van der Waals surface area contributed by atoms with Crippen LogP contribution in [0.1, 0.15) is 27.6 Å². The smallest absolute Gasteiger partial charge is 0.127 e. The quantitative estimate of drug-likeness (QED) is 0.888. The van der Waals surface area contributed by atoms with Crippen molar-refractivity contribution in [2.24, 2.45) is 0 Å². The molecule has 2 rings (SSSR count). The van der Waals surface area contributed by atoms with Crippen LogP contribution in [0.15, 0.2) is 28.1 Å². The van der Waals surface area contributed by atoms with E-state index < -0.39 is 0 Å². The van der Waals surface area contributed by atoms with Crippen LogP contribution >= 0.6 is 27.3 Å². The Morgan fingerprint density at radius 3 is 2.63 bits per heavy atom. The molecule has 0 radical (unpaired) electrons. The minimum absolute atomic E-state index is 0.158. The van der Waals surface area contributed by atoms with Crippen LogP contribution in [0.4, 0.5) is 0 Å². The van der Waals surface area contributed by atoms with Gasteiger partial charge in [-0.2, -0.15) is 0 Å². The van der Waals surface area contributed by atoms with Crippen molar-refractivity contribution in [3.8, 4) is 5.75 Å². The predicted molar refractivity (Wildman–Crippen MR) is 85.4 cm³/mol. The maximum atomic E-state index is 5.64. The average Bonchev–Trinajstić information content (AvgIpc) is 2.90. The second-order valence-electron chi connectivity index (χ2n) is 4.48. The van der Waals surface area contributed by atoms with E-state index in [1.807, 2.05) is 7.05 Å². The number of aryl methyl sites for hydroxylation is 1. The number of thiophene rings is 1. The highest BCUT2D eigenvalue weighted by Crippen LogP contribution is 2.39. The van der Waals surface area contributed by atoms with Crippen molar-refractivity contribution in [3.63, 3.8) is 0 Å². The Balaban J connectivity index is 2.65. The summed E-state index contributed by atoms with van der Waals surface area (Å²) >= 11 is 5.40. The van der Waals surface area contributed by atoms with E-state index in [0.717, 1.165) is 15.8 Å². The summed E-state index contributed by atoms with van der Waals surface area (Å²) in [5, 5.41) is 5.50. The van der Waals surface area contributed by atoms with E-state index in [1.54, 1.807) is 18.4 Å². The zero-order valence-electron chi connectivity index (χ0n) is 11.6. The van der Waals surface area contributed by atoms with Gasteiger partial charge in [0, 0.05) is 14.9 Å². The molecule has 102 valence electrons. The molecule has 1 unspecified atom stereocenters. The Labute approximate surface area is 126 Å². The molecule has 0 aliphatic carbocycles. The van der Waals surface area contributed by atoms with E-state index >= 15 is 0 Å². The van der Waals surface area contributed by atoms with Crippen LogP contribution in [0.5, 0.6) is 5.75 Å². The van der Waals surface area contributed by atoms with Gasteiger partial charge in [0.25, 0.3) is 0 Å². The summed E-state index contributed by atoms with van der Waals surface area (Å²) < 4.78 is 6.76. The second-order valence-corrected chi connectivity index (χ2v) is 6.32. The Morgan fingerprint density at radius 1 is 1.37 bits per heavy atom. The first-order valence-electron chi connectivity index (χ1n) is 6.14. The zero-order chi connectivity index (χ0) is 14.0. The molecule has 4 heteroatoms. The average molecular weight is 340 g/mol. The predicted octanol–water partition coefficient (Wildman–Crippen LogP) is 4.44. The first kappa shape index (κ1) is 14.6. The molecule has 0 fully saturated rings. The van der Waals surface area contributed by atoms with Crippen molar-refractivity contribution in [2.45, 2.75) is 19.9 Å². The van der Waals surface area contributed by atoms with Crippen LogP contribution in [0, 0.1) is 13.8 Å². The van der Waals surface area contributed by atoms with Crippen LogP contribution < -0.4 is 10.1 Å². The topological polar surface area (TPSA) is 21.3 Å². The zero-order valence-corrected chi connectivity index (χ0v) is 14.0. The highest BCUT2D eigenvalue weighted by atomic mass is 79.9. The van der Waals surface area contributed by atoms with Gasteiger partial charge in [-0.1, -0.05) is 22.0 Å². The Hall–Kier alpha value is -0.840. The molecular formula is C15H18BrNOS. The molecule has 1 atom stereocenters. The van der Waals surface area contributed by atoms with Gasteiger partial charge in [-0.15, -0.1) is 11.3 Å². The molecule has 0 bridgehead atoms.